The molecular formula is C19H24ClN3O3S2. The van der Waals surface area contributed by atoms with Gasteiger partial charge in [-0.3, -0.25) is 4.79 Å². The first-order valence-electron chi connectivity index (χ1n) is 9.61. The highest BCUT2D eigenvalue weighted by molar-refractivity contribution is 7.88. The van der Waals surface area contributed by atoms with Gasteiger partial charge < -0.3 is 4.90 Å². The highest BCUT2D eigenvalue weighted by atomic mass is 35.5. The molecule has 0 bridgehead atoms. The highest BCUT2D eigenvalue weighted by Gasteiger charge is 2.34. The monoisotopic (exact) mass is 441 g/mol. The molecule has 2 aromatic rings. The maximum atomic E-state index is 12.9. The number of benzene rings is 1. The van der Waals surface area contributed by atoms with Gasteiger partial charge in [0.25, 0.3) is 0 Å². The van der Waals surface area contributed by atoms with Gasteiger partial charge in [0.2, 0.25) is 15.9 Å². The first-order chi connectivity index (χ1) is 13.3. The summed E-state index contributed by atoms with van der Waals surface area (Å²) in [5, 5.41) is 1.81. The van der Waals surface area contributed by atoms with Crippen LogP contribution in [0.1, 0.15) is 36.6 Å². The molecule has 1 aromatic heterocycles. The molecule has 0 radical (unpaired) electrons. The second-order valence-corrected chi connectivity index (χ2v) is 11.2. The van der Waals surface area contributed by atoms with Gasteiger partial charge in [-0.25, -0.2) is 17.7 Å². The van der Waals surface area contributed by atoms with Gasteiger partial charge in [0.15, 0.2) is 0 Å². The van der Waals surface area contributed by atoms with Gasteiger partial charge in [-0.05, 0) is 43.9 Å². The number of piperidine rings is 2. The van der Waals surface area contributed by atoms with Crippen LogP contribution >= 0.6 is 22.9 Å². The number of amides is 1. The highest BCUT2D eigenvalue weighted by Crippen LogP contribution is 2.35. The van der Waals surface area contributed by atoms with E-state index in [0.29, 0.717) is 37.1 Å². The molecule has 1 aromatic carbocycles. The molecule has 152 valence electrons. The SMILES string of the molecule is CS(=O)(=O)N1CCCC(C(=O)N2CCC(c3nc4cc(Cl)ccc4s3)CC2)C1. The largest absolute Gasteiger partial charge is 0.342 e. The molecule has 1 unspecified atom stereocenters. The second-order valence-electron chi connectivity index (χ2n) is 7.72. The van der Waals surface area contributed by atoms with E-state index in [2.05, 4.69) is 0 Å². The fraction of sp³-hybridized carbons (Fsp3) is 0.579. The van der Waals surface area contributed by atoms with Crippen molar-refractivity contribution >= 4 is 49.1 Å². The van der Waals surface area contributed by atoms with Gasteiger partial charge >= 0.3 is 0 Å². The number of sulfonamides is 1. The summed E-state index contributed by atoms with van der Waals surface area (Å²) in [5.41, 5.74) is 0.939. The molecule has 6 nitrogen and oxygen atoms in total. The van der Waals surface area contributed by atoms with Crippen molar-refractivity contribution in [3.05, 3.63) is 28.2 Å². The van der Waals surface area contributed by atoms with E-state index in [1.165, 1.54) is 10.6 Å². The van der Waals surface area contributed by atoms with Crippen molar-refractivity contribution in [1.29, 1.82) is 0 Å². The lowest BCUT2D eigenvalue weighted by Crippen LogP contribution is -2.48. The quantitative estimate of drug-likeness (QED) is 0.732. The molecule has 2 saturated heterocycles. The molecule has 0 N–H and O–H groups in total. The van der Waals surface area contributed by atoms with E-state index in [0.717, 1.165) is 40.9 Å². The van der Waals surface area contributed by atoms with E-state index < -0.39 is 10.0 Å². The van der Waals surface area contributed by atoms with E-state index in [-0.39, 0.29) is 11.8 Å². The number of thiazole rings is 1. The second kappa shape index (κ2) is 7.89. The van der Waals surface area contributed by atoms with Gasteiger partial charge in [-0.1, -0.05) is 11.6 Å². The molecule has 1 amide bonds. The van der Waals surface area contributed by atoms with Crippen molar-refractivity contribution in [2.75, 3.05) is 32.4 Å². The average Bonchev–Trinajstić information content (AvgIpc) is 3.10. The summed E-state index contributed by atoms with van der Waals surface area (Å²) in [7, 11) is -3.24. The van der Waals surface area contributed by atoms with Crippen LogP contribution in [0, 0.1) is 5.92 Å². The van der Waals surface area contributed by atoms with Crippen LogP contribution in [-0.4, -0.2) is 60.9 Å². The minimum absolute atomic E-state index is 0.0999. The predicted molar refractivity (Wildman–Crippen MR) is 112 cm³/mol. The molecule has 2 aliphatic rings. The standard InChI is InChI=1S/C19H24ClN3O3S2/c1-28(25,26)23-8-2-3-14(12-23)19(24)22-9-6-13(7-10-22)18-21-16-11-15(20)4-5-17(16)27-18/h4-5,11,13-14H,2-3,6-10,12H2,1H3. The van der Waals surface area contributed by atoms with Crippen LogP contribution in [0.2, 0.25) is 5.02 Å². The number of hydrogen-bond donors (Lipinski definition) is 0. The Bertz CT molecular complexity index is 983. The van der Waals surface area contributed by atoms with E-state index in [9.17, 15) is 13.2 Å². The maximum Gasteiger partial charge on any atom is 0.227 e. The first-order valence-corrected chi connectivity index (χ1v) is 12.7. The number of halogens is 1. The number of carbonyl (C=O) groups is 1. The third-order valence-corrected chi connectivity index (χ3v) is 8.43. The third-order valence-electron chi connectivity index (χ3n) is 5.72. The lowest BCUT2D eigenvalue weighted by Gasteiger charge is -2.36. The number of carbonyl (C=O) groups excluding carboxylic acids is 1. The summed E-state index contributed by atoms with van der Waals surface area (Å²) in [5.74, 6) is 0.242. The van der Waals surface area contributed by atoms with Crippen LogP contribution in [0.5, 0.6) is 0 Å². The molecule has 0 spiro atoms. The fourth-order valence-electron chi connectivity index (χ4n) is 4.14. The van der Waals surface area contributed by atoms with Crippen LogP contribution < -0.4 is 0 Å². The van der Waals surface area contributed by atoms with Crippen molar-refractivity contribution < 1.29 is 13.2 Å². The minimum atomic E-state index is -3.24. The molecule has 2 fully saturated rings. The smallest absolute Gasteiger partial charge is 0.227 e. The van der Waals surface area contributed by atoms with Gasteiger partial charge in [-0.2, -0.15) is 0 Å². The van der Waals surface area contributed by atoms with Crippen molar-refractivity contribution in [2.45, 2.75) is 31.6 Å². The fourth-order valence-corrected chi connectivity index (χ4v) is 6.34. The Morgan fingerprint density at radius 3 is 2.68 bits per heavy atom. The Labute approximate surface area is 174 Å². The number of fused-ring (bicyclic) bond motifs is 1. The van der Waals surface area contributed by atoms with Crippen LogP contribution in [0.15, 0.2) is 18.2 Å². The van der Waals surface area contributed by atoms with E-state index in [4.69, 9.17) is 16.6 Å². The lowest BCUT2D eigenvalue weighted by molar-refractivity contribution is -0.137. The normalized spacial score (nSPS) is 22.6. The van der Waals surface area contributed by atoms with Crippen LogP contribution in [0.25, 0.3) is 10.2 Å². The summed E-state index contributed by atoms with van der Waals surface area (Å²) >= 11 is 7.77. The number of aromatic nitrogens is 1. The van der Waals surface area contributed by atoms with E-state index in [1.54, 1.807) is 11.3 Å². The molecular weight excluding hydrogens is 418 g/mol. The van der Waals surface area contributed by atoms with Crippen molar-refractivity contribution in [2.24, 2.45) is 5.92 Å². The van der Waals surface area contributed by atoms with Crippen molar-refractivity contribution in [3.63, 3.8) is 0 Å². The summed E-state index contributed by atoms with van der Waals surface area (Å²) in [6, 6.07) is 5.79. The van der Waals surface area contributed by atoms with Crippen molar-refractivity contribution in [1.82, 2.24) is 14.2 Å². The molecule has 0 saturated carbocycles. The predicted octanol–water partition coefficient (Wildman–Crippen LogP) is 3.33. The van der Waals surface area contributed by atoms with Gasteiger partial charge in [0.1, 0.15) is 0 Å². The molecule has 4 rings (SSSR count). The molecule has 1 atom stereocenters. The topological polar surface area (TPSA) is 70.6 Å². The number of likely N-dealkylation sites (tertiary alicyclic amines) is 1. The van der Waals surface area contributed by atoms with E-state index in [1.807, 2.05) is 23.1 Å². The van der Waals surface area contributed by atoms with Crippen molar-refractivity contribution in [3.8, 4) is 0 Å². The first kappa shape index (κ1) is 20.1. The van der Waals surface area contributed by atoms with Crippen LogP contribution in [0.3, 0.4) is 0 Å². The van der Waals surface area contributed by atoms with Crippen LogP contribution in [-0.2, 0) is 14.8 Å². The third kappa shape index (κ3) is 4.20. The minimum Gasteiger partial charge on any atom is -0.342 e. The molecule has 28 heavy (non-hydrogen) atoms. The Balaban J connectivity index is 1.38. The summed E-state index contributed by atoms with van der Waals surface area (Å²) in [4.78, 5) is 19.6. The average molecular weight is 442 g/mol. The zero-order valence-electron chi connectivity index (χ0n) is 15.8. The molecule has 0 aliphatic carbocycles. The number of hydrogen-bond acceptors (Lipinski definition) is 5. The van der Waals surface area contributed by atoms with Gasteiger partial charge in [0.05, 0.1) is 27.4 Å². The molecule has 9 heteroatoms. The maximum absolute atomic E-state index is 12.9. The Morgan fingerprint density at radius 1 is 1.21 bits per heavy atom. The Hall–Kier alpha value is -1.22. The summed E-state index contributed by atoms with van der Waals surface area (Å²) < 4.78 is 26.2. The van der Waals surface area contributed by atoms with Crippen LogP contribution in [0.4, 0.5) is 0 Å². The lowest BCUT2D eigenvalue weighted by atomic mass is 9.93. The van der Waals surface area contributed by atoms with E-state index >= 15 is 0 Å². The summed E-state index contributed by atoms with van der Waals surface area (Å²) in [6.45, 7) is 2.24. The number of rotatable bonds is 3. The molecule has 2 aliphatic heterocycles. The molecule has 3 heterocycles. The zero-order valence-corrected chi connectivity index (χ0v) is 18.2. The zero-order chi connectivity index (χ0) is 19.9. The van der Waals surface area contributed by atoms with Gasteiger partial charge in [-0.15, -0.1) is 11.3 Å². The number of nitrogens with zero attached hydrogens (tertiary/aromatic N) is 3. The van der Waals surface area contributed by atoms with Gasteiger partial charge in [0, 0.05) is 37.1 Å². The summed E-state index contributed by atoms with van der Waals surface area (Å²) in [6.07, 6.45) is 4.51. The Morgan fingerprint density at radius 2 is 1.96 bits per heavy atom. The Kier molecular flexibility index (Phi) is 5.66.